The van der Waals surface area contributed by atoms with Crippen molar-refractivity contribution in [2.24, 2.45) is 0 Å². The van der Waals surface area contributed by atoms with Gasteiger partial charge in [0, 0.05) is 0 Å². The number of hydrogen-bond acceptors (Lipinski definition) is 7. The van der Waals surface area contributed by atoms with Crippen LogP contribution in [0.4, 0.5) is 10.1 Å². The maximum absolute atomic E-state index is 13.9. The molecule has 1 saturated heterocycles. The molecule has 0 saturated carbocycles. The van der Waals surface area contributed by atoms with E-state index in [1.807, 2.05) is 0 Å². The molecule has 3 aromatic carbocycles. The zero-order valence-corrected chi connectivity index (χ0v) is 19.7. The van der Waals surface area contributed by atoms with Crippen LogP contribution >= 0.6 is 24.0 Å². The van der Waals surface area contributed by atoms with Crippen LogP contribution in [0.1, 0.15) is 15.9 Å². The molecule has 1 aliphatic heterocycles. The predicted octanol–water partition coefficient (Wildman–Crippen LogP) is 5.47. The molecule has 1 heterocycles. The molecule has 172 valence electrons. The average Bonchev–Trinajstić information content (AvgIpc) is 3.12. The Morgan fingerprint density at radius 3 is 2.41 bits per heavy atom. The minimum absolute atomic E-state index is 0.124. The Morgan fingerprint density at radius 2 is 1.74 bits per heavy atom. The molecule has 0 radical (unpaired) electrons. The van der Waals surface area contributed by atoms with Crippen LogP contribution in [0.25, 0.3) is 6.08 Å². The first-order valence-corrected chi connectivity index (χ1v) is 11.2. The number of carbonyl (C=O) groups excluding carboxylic acids is 2. The van der Waals surface area contributed by atoms with E-state index in [9.17, 15) is 14.0 Å². The summed E-state index contributed by atoms with van der Waals surface area (Å²) in [6.45, 7) is 0. The van der Waals surface area contributed by atoms with Crippen molar-refractivity contribution < 1.29 is 28.2 Å². The van der Waals surface area contributed by atoms with Crippen LogP contribution < -0.4 is 19.1 Å². The summed E-state index contributed by atoms with van der Waals surface area (Å²) in [7, 11) is 2.99. The summed E-state index contributed by atoms with van der Waals surface area (Å²) >= 11 is 6.59. The van der Waals surface area contributed by atoms with Gasteiger partial charge in [-0.1, -0.05) is 42.2 Å². The molecule has 34 heavy (non-hydrogen) atoms. The summed E-state index contributed by atoms with van der Waals surface area (Å²) in [5, 5.41) is 0. The van der Waals surface area contributed by atoms with Gasteiger partial charge in [-0.05, 0) is 60.2 Å². The van der Waals surface area contributed by atoms with Crippen molar-refractivity contribution in [2.45, 2.75) is 0 Å². The van der Waals surface area contributed by atoms with Crippen LogP contribution in [0.5, 0.6) is 17.2 Å². The normalized spacial score (nSPS) is 14.4. The number of esters is 1. The summed E-state index contributed by atoms with van der Waals surface area (Å²) in [5.74, 6) is -0.726. The highest BCUT2D eigenvalue weighted by atomic mass is 32.2. The molecule has 0 spiro atoms. The van der Waals surface area contributed by atoms with Crippen molar-refractivity contribution in [1.29, 1.82) is 0 Å². The van der Waals surface area contributed by atoms with Crippen molar-refractivity contribution >= 4 is 51.9 Å². The molecule has 6 nitrogen and oxygen atoms in total. The van der Waals surface area contributed by atoms with E-state index in [0.29, 0.717) is 26.2 Å². The molecular weight excluding hydrogens is 477 g/mol. The van der Waals surface area contributed by atoms with Gasteiger partial charge in [-0.3, -0.25) is 9.69 Å². The van der Waals surface area contributed by atoms with Gasteiger partial charge >= 0.3 is 5.97 Å². The SMILES string of the molecule is COc1ccc(N2C(=O)/C(=C\c3ccc(OC(=O)c4ccccc4F)c(OC)c3)SC2=S)cc1. The number of benzene rings is 3. The summed E-state index contributed by atoms with van der Waals surface area (Å²) in [4.78, 5) is 27.2. The number of ether oxygens (including phenoxy) is 3. The minimum Gasteiger partial charge on any atom is -0.497 e. The average molecular weight is 496 g/mol. The van der Waals surface area contributed by atoms with Crippen LogP contribution in [0, 0.1) is 5.82 Å². The fraction of sp³-hybridized carbons (Fsp3) is 0.0800. The minimum atomic E-state index is -0.843. The Kier molecular flexibility index (Phi) is 6.95. The fourth-order valence-corrected chi connectivity index (χ4v) is 4.51. The Balaban J connectivity index is 1.56. The second kappa shape index (κ2) is 10.1. The van der Waals surface area contributed by atoms with Crippen molar-refractivity contribution in [3.05, 3.63) is 88.6 Å². The standard InChI is InChI=1S/C25H18FNO5S2/c1-30-17-10-8-16(9-11-17)27-23(28)22(34-25(27)33)14-15-7-12-20(21(13-15)31-2)32-24(29)18-5-3-4-6-19(18)26/h3-14H,1-2H3/b22-14+. The Hall–Kier alpha value is -3.69. The first kappa shape index (κ1) is 23.5. The number of carbonyl (C=O) groups is 2. The van der Waals surface area contributed by atoms with Gasteiger partial charge < -0.3 is 14.2 Å². The van der Waals surface area contributed by atoms with E-state index < -0.39 is 11.8 Å². The topological polar surface area (TPSA) is 65.1 Å². The van der Waals surface area contributed by atoms with Crippen molar-refractivity contribution in [3.8, 4) is 17.2 Å². The lowest BCUT2D eigenvalue weighted by Gasteiger charge is -2.14. The number of amides is 1. The number of rotatable bonds is 6. The number of methoxy groups -OCH3 is 2. The number of nitrogens with zero attached hydrogens (tertiary/aromatic N) is 1. The molecular formula is C25H18FNO5S2. The Morgan fingerprint density at radius 1 is 1.00 bits per heavy atom. The number of thiocarbonyl (C=S) groups is 1. The second-order valence-corrected chi connectivity index (χ2v) is 8.67. The Labute approximate surface area is 204 Å². The van der Waals surface area contributed by atoms with Crippen LogP contribution in [0.15, 0.2) is 71.6 Å². The van der Waals surface area contributed by atoms with Gasteiger partial charge in [0.25, 0.3) is 5.91 Å². The third-order valence-corrected chi connectivity index (χ3v) is 6.21. The van der Waals surface area contributed by atoms with Gasteiger partial charge in [0.05, 0.1) is 30.4 Å². The number of thioether (sulfide) groups is 1. The molecule has 0 atom stereocenters. The van der Waals surface area contributed by atoms with Gasteiger partial charge in [-0.15, -0.1) is 0 Å². The van der Waals surface area contributed by atoms with Gasteiger partial charge in [-0.25, -0.2) is 9.18 Å². The van der Waals surface area contributed by atoms with E-state index in [2.05, 4.69) is 0 Å². The third kappa shape index (κ3) is 4.80. The highest BCUT2D eigenvalue weighted by Crippen LogP contribution is 2.37. The largest absolute Gasteiger partial charge is 0.497 e. The zero-order valence-electron chi connectivity index (χ0n) is 18.1. The van der Waals surface area contributed by atoms with Gasteiger partial charge in [0.15, 0.2) is 15.8 Å². The van der Waals surface area contributed by atoms with E-state index in [1.165, 1.54) is 48.0 Å². The molecule has 3 aromatic rings. The van der Waals surface area contributed by atoms with Crippen molar-refractivity contribution in [1.82, 2.24) is 0 Å². The first-order chi connectivity index (χ1) is 16.4. The van der Waals surface area contributed by atoms with Crippen LogP contribution in [-0.4, -0.2) is 30.4 Å². The molecule has 0 unspecified atom stereocenters. The molecule has 1 amide bonds. The molecule has 0 bridgehead atoms. The predicted molar refractivity (Wildman–Crippen MR) is 133 cm³/mol. The third-order valence-electron chi connectivity index (χ3n) is 4.91. The Bertz CT molecular complexity index is 1310. The maximum atomic E-state index is 13.9. The van der Waals surface area contributed by atoms with E-state index >= 15 is 0 Å². The van der Waals surface area contributed by atoms with Crippen LogP contribution in [0.2, 0.25) is 0 Å². The van der Waals surface area contributed by atoms with E-state index in [4.69, 9.17) is 26.4 Å². The summed E-state index contributed by atoms with van der Waals surface area (Å²) < 4.78 is 30.1. The zero-order chi connectivity index (χ0) is 24.2. The molecule has 0 aromatic heterocycles. The fourth-order valence-electron chi connectivity index (χ4n) is 3.21. The molecule has 1 fully saturated rings. The van der Waals surface area contributed by atoms with Crippen LogP contribution in [-0.2, 0) is 4.79 Å². The van der Waals surface area contributed by atoms with Crippen LogP contribution in [0.3, 0.4) is 0 Å². The lowest BCUT2D eigenvalue weighted by atomic mass is 10.1. The highest BCUT2D eigenvalue weighted by molar-refractivity contribution is 8.27. The lowest BCUT2D eigenvalue weighted by Crippen LogP contribution is -2.27. The maximum Gasteiger partial charge on any atom is 0.346 e. The van der Waals surface area contributed by atoms with Crippen molar-refractivity contribution in [3.63, 3.8) is 0 Å². The summed E-state index contributed by atoms with van der Waals surface area (Å²) in [6.07, 6.45) is 1.67. The summed E-state index contributed by atoms with van der Waals surface area (Å²) in [5.41, 5.74) is 1.09. The van der Waals surface area contributed by atoms with E-state index in [0.717, 1.165) is 0 Å². The van der Waals surface area contributed by atoms with Crippen molar-refractivity contribution in [2.75, 3.05) is 19.1 Å². The molecule has 4 rings (SSSR count). The quantitative estimate of drug-likeness (QED) is 0.195. The molecule has 1 aliphatic rings. The summed E-state index contributed by atoms with van der Waals surface area (Å²) in [6, 6.07) is 17.4. The van der Waals surface area contributed by atoms with Gasteiger partial charge in [0.1, 0.15) is 11.6 Å². The molecule has 0 N–H and O–H groups in total. The number of halogens is 1. The second-order valence-electron chi connectivity index (χ2n) is 6.99. The van der Waals surface area contributed by atoms with Gasteiger partial charge in [0.2, 0.25) is 0 Å². The van der Waals surface area contributed by atoms with E-state index in [1.54, 1.807) is 55.7 Å². The number of hydrogen-bond donors (Lipinski definition) is 0. The molecule has 9 heteroatoms. The smallest absolute Gasteiger partial charge is 0.346 e. The number of anilines is 1. The van der Waals surface area contributed by atoms with Gasteiger partial charge in [-0.2, -0.15) is 0 Å². The first-order valence-electron chi connectivity index (χ1n) is 9.98. The van der Waals surface area contributed by atoms with E-state index in [-0.39, 0.29) is 23.0 Å². The monoisotopic (exact) mass is 495 g/mol. The molecule has 0 aliphatic carbocycles. The lowest BCUT2D eigenvalue weighted by molar-refractivity contribution is -0.113. The highest BCUT2D eigenvalue weighted by Gasteiger charge is 2.33.